The molecular formula is C14H25N3O2. The third-order valence-corrected chi connectivity index (χ3v) is 4.29. The average molecular weight is 267 g/mol. The van der Waals surface area contributed by atoms with E-state index in [1.807, 2.05) is 0 Å². The van der Waals surface area contributed by atoms with Crippen LogP contribution in [0.15, 0.2) is 4.52 Å². The van der Waals surface area contributed by atoms with E-state index in [2.05, 4.69) is 36.2 Å². The third kappa shape index (κ3) is 2.67. The van der Waals surface area contributed by atoms with Crippen LogP contribution in [0.25, 0.3) is 0 Å². The molecule has 0 amide bonds. The second kappa shape index (κ2) is 6.01. The molecule has 1 fully saturated rings. The van der Waals surface area contributed by atoms with Gasteiger partial charge in [0.25, 0.3) is 0 Å². The Labute approximate surface area is 115 Å². The van der Waals surface area contributed by atoms with Crippen molar-refractivity contribution in [1.29, 1.82) is 0 Å². The monoisotopic (exact) mass is 267 g/mol. The second-order valence-electron chi connectivity index (χ2n) is 5.37. The molecule has 1 N–H and O–H groups in total. The zero-order valence-corrected chi connectivity index (χ0v) is 12.4. The Hall–Kier alpha value is -0.940. The van der Waals surface area contributed by atoms with E-state index in [-0.39, 0.29) is 11.5 Å². The summed E-state index contributed by atoms with van der Waals surface area (Å²) in [5.41, 5.74) is -0.290. The Bertz CT molecular complexity index is 396. The molecule has 0 saturated heterocycles. The summed E-state index contributed by atoms with van der Waals surface area (Å²) in [5.74, 6) is 1.71. The van der Waals surface area contributed by atoms with Crippen molar-refractivity contribution in [3.05, 3.63) is 11.7 Å². The number of aromatic nitrogens is 2. The number of methoxy groups -OCH3 is 1. The summed E-state index contributed by atoms with van der Waals surface area (Å²) in [6.45, 7) is 7.37. The van der Waals surface area contributed by atoms with Crippen LogP contribution in [0.4, 0.5) is 0 Å². The Kier molecular flexibility index (Phi) is 4.58. The number of hydrogen-bond donors (Lipinski definition) is 1. The molecule has 2 rings (SSSR count). The number of likely N-dealkylation sites (N-methyl/N-ethyl adjacent to an activating group) is 1. The molecule has 2 unspecified atom stereocenters. The van der Waals surface area contributed by atoms with Crippen LogP contribution in [0.2, 0.25) is 0 Å². The first kappa shape index (κ1) is 14.5. The predicted molar refractivity (Wildman–Crippen MR) is 73.0 cm³/mol. The number of nitrogens with one attached hydrogen (secondary N) is 1. The molecule has 0 aromatic carbocycles. The van der Waals surface area contributed by atoms with Gasteiger partial charge in [-0.1, -0.05) is 19.0 Å². The summed E-state index contributed by atoms with van der Waals surface area (Å²) in [7, 11) is 1.73. The van der Waals surface area contributed by atoms with Crippen molar-refractivity contribution in [3.8, 4) is 0 Å². The van der Waals surface area contributed by atoms with E-state index >= 15 is 0 Å². The van der Waals surface area contributed by atoms with Gasteiger partial charge in [0.1, 0.15) is 5.60 Å². The molecular weight excluding hydrogens is 242 g/mol. The van der Waals surface area contributed by atoms with Crippen LogP contribution in [0, 0.1) is 0 Å². The minimum absolute atomic E-state index is 0.259. The summed E-state index contributed by atoms with van der Waals surface area (Å²) in [4.78, 5) is 4.61. The first-order chi connectivity index (χ1) is 9.16. The zero-order valence-electron chi connectivity index (χ0n) is 12.4. The van der Waals surface area contributed by atoms with Gasteiger partial charge in [0, 0.05) is 13.2 Å². The highest BCUT2D eigenvalue weighted by molar-refractivity contribution is 5.08. The molecule has 0 spiro atoms. The van der Waals surface area contributed by atoms with Crippen molar-refractivity contribution in [2.45, 2.75) is 64.0 Å². The first-order valence-corrected chi connectivity index (χ1v) is 7.29. The molecule has 19 heavy (non-hydrogen) atoms. The lowest BCUT2D eigenvalue weighted by Gasteiger charge is -2.37. The highest BCUT2D eigenvalue weighted by atomic mass is 16.5. The van der Waals surface area contributed by atoms with E-state index in [0.29, 0.717) is 6.04 Å². The van der Waals surface area contributed by atoms with E-state index in [0.717, 1.165) is 37.5 Å². The van der Waals surface area contributed by atoms with Crippen LogP contribution in [0.1, 0.15) is 64.1 Å². The summed E-state index contributed by atoms with van der Waals surface area (Å²) < 4.78 is 11.1. The summed E-state index contributed by atoms with van der Waals surface area (Å²) in [6, 6.07) is 0.336. The van der Waals surface area contributed by atoms with Crippen LogP contribution < -0.4 is 5.32 Å². The van der Waals surface area contributed by atoms with E-state index in [1.54, 1.807) is 7.11 Å². The fourth-order valence-corrected chi connectivity index (χ4v) is 2.79. The molecule has 0 aliphatic heterocycles. The molecule has 1 aliphatic rings. The molecule has 1 aromatic heterocycles. The Morgan fingerprint density at radius 1 is 1.42 bits per heavy atom. The zero-order chi connectivity index (χ0) is 13.9. The van der Waals surface area contributed by atoms with E-state index in [4.69, 9.17) is 9.26 Å². The Balaban J connectivity index is 2.15. The molecule has 1 heterocycles. The lowest BCUT2D eigenvalue weighted by Crippen LogP contribution is -2.37. The molecule has 5 nitrogen and oxygen atoms in total. The number of ether oxygens (including phenoxy) is 1. The topological polar surface area (TPSA) is 60.2 Å². The maximum absolute atomic E-state index is 5.59. The van der Waals surface area contributed by atoms with E-state index < -0.39 is 0 Å². The molecule has 5 heteroatoms. The highest BCUT2D eigenvalue weighted by Crippen LogP contribution is 2.43. The molecule has 0 bridgehead atoms. The van der Waals surface area contributed by atoms with Gasteiger partial charge in [-0.15, -0.1) is 0 Å². The van der Waals surface area contributed by atoms with E-state index in [9.17, 15) is 0 Å². The van der Waals surface area contributed by atoms with Crippen molar-refractivity contribution in [3.63, 3.8) is 0 Å². The van der Waals surface area contributed by atoms with Crippen molar-refractivity contribution in [1.82, 2.24) is 15.5 Å². The molecule has 0 radical (unpaired) electrons. The number of rotatable bonds is 7. The lowest BCUT2D eigenvalue weighted by atomic mass is 9.79. The minimum atomic E-state index is -0.290. The maximum atomic E-state index is 5.59. The Morgan fingerprint density at radius 2 is 2.16 bits per heavy atom. The third-order valence-electron chi connectivity index (χ3n) is 4.29. The van der Waals surface area contributed by atoms with Gasteiger partial charge in [-0.25, -0.2) is 0 Å². The quantitative estimate of drug-likeness (QED) is 0.822. The largest absolute Gasteiger partial charge is 0.370 e. The molecule has 1 saturated carbocycles. The van der Waals surface area contributed by atoms with Crippen molar-refractivity contribution in [2.75, 3.05) is 13.7 Å². The van der Waals surface area contributed by atoms with Crippen molar-refractivity contribution in [2.24, 2.45) is 0 Å². The van der Waals surface area contributed by atoms with Crippen LogP contribution in [0.5, 0.6) is 0 Å². The van der Waals surface area contributed by atoms with Crippen molar-refractivity contribution < 1.29 is 9.26 Å². The molecule has 1 aromatic rings. The highest BCUT2D eigenvalue weighted by Gasteiger charge is 2.43. The molecule has 1 aliphatic carbocycles. The van der Waals surface area contributed by atoms with Gasteiger partial charge in [-0.2, -0.15) is 4.98 Å². The van der Waals surface area contributed by atoms with E-state index in [1.165, 1.54) is 6.42 Å². The van der Waals surface area contributed by atoms with Crippen LogP contribution in [-0.2, 0) is 10.3 Å². The van der Waals surface area contributed by atoms with Crippen LogP contribution in [0.3, 0.4) is 0 Å². The van der Waals surface area contributed by atoms with Gasteiger partial charge in [0.05, 0.1) is 5.92 Å². The van der Waals surface area contributed by atoms with Crippen LogP contribution in [-0.4, -0.2) is 29.8 Å². The van der Waals surface area contributed by atoms with Gasteiger partial charge in [0.15, 0.2) is 0 Å². The summed E-state index contributed by atoms with van der Waals surface area (Å²) in [6.07, 6.45) is 4.13. The second-order valence-corrected chi connectivity index (χ2v) is 5.37. The normalized spacial score (nSPS) is 20.8. The van der Waals surface area contributed by atoms with Crippen LogP contribution >= 0.6 is 0 Å². The fraction of sp³-hybridized carbons (Fsp3) is 0.857. The minimum Gasteiger partial charge on any atom is -0.370 e. The summed E-state index contributed by atoms with van der Waals surface area (Å²) in [5, 5.41) is 7.58. The predicted octanol–water partition coefficient (Wildman–Crippen LogP) is 2.59. The standard InChI is InChI=1S/C14H25N3O2/c1-5-11(10(3)15-6-2)12-16-13(17-19-12)14(18-4)8-7-9-14/h10-11,15H,5-9H2,1-4H3. The SMILES string of the molecule is CCNC(C)C(CC)c1nc(C2(OC)CCC2)no1. The first-order valence-electron chi connectivity index (χ1n) is 7.29. The molecule has 108 valence electrons. The fourth-order valence-electron chi connectivity index (χ4n) is 2.79. The van der Waals surface area contributed by atoms with Gasteiger partial charge in [-0.05, 0) is 39.2 Å². The Morgan fingerprint density at radius 3 is 2.63 bits per heavy atom. The molecule has 2 atom stereocenters. The van der Waals surface area contributed by atoms with Gasteiger partial charge in [-0.3, -0.25) is 0 Å². The average Bonchev–Trinajstić information content (AvgIpc) is 2.79. The van der Waals surface area contributed by atoms with Gasteiger partial charge >= 0.3 is 0 Å². The lowest BCUT2D eigenvalue weighted by molar-refractivity contribution is -0.0858. The maximum Gasteiger partial charge on any atom is 0.231 e. The summed E-state index contributed by atoms with van der Waals surface area (Å²) >= 11 is 0. The van der Waals surface area contributed by atoms with Gasteiger partial charge in [0.2, 0.25) is 11.7 Å². The smallest absolute Gasteiger partial charge is 0.231 e. The number of hydrogen-bond acceptors (Lipinski definition) is 5. The van der Waals surface area contributed by atoms with Crippen molar-refractivity contribution >= 4 is 0 Å². The number of nitrogens with zero attached hydrogens (tertiary/aromatic N) is 2. The van der Waals surface area contributed by atoms with Gasteiger partial charge < -0.3 is 14.6 Å².